The van der Waals surface area contributed by atoms with Crippen molar-refractivity contribution in [2.24, 2.45) is 0 Å². The first-order chi connectivity index (χ1) is 10.2. The van der Waals surface area contributed by atoms with Crippen molar-refractivity contribution in [2.45, 2.75) is 6.92 Å². The van der Waals surface area contributed by atoms with Gasteiger partial charge >= 0.3 is 0 Å². The maximum absolute atomic E-state index is 3.60. The van der Waals surface area contributed by atoms with E-state index in [1.807, 2.05) is 11.3 Å². The lowest BCUT2D eigenvalue weighted by Crippen LogP contribution is -1.84. The van der Waals surface area contributed by atoms with Crippen molar-refractivity contribution in [1.29, 1.82) is 0 Å². The molecule has 3 aromatic carbocycles. The van der Waals surface area contributed by atoms with Crippen molar-refractivity contribution in [3.05, 3.63) is 70.7 Å². The summed E-state index contributed by atoms with van der Waals surface area (Å²) in [7, 11) is 0. The molecular weight excluding hydrogens is 340 g/mol. The number of rotatable bonds is 1. The summed E-state index contributed by atoms with van der Waals surface area (Å²) in [5.41, 5.74) is 3.93. The van der Waals surface area contributed by atoms with Gasteiger partial charge in [-0.1, -0.05) is 52.3 Å². The number of hydrogen-bond donors (Lipinski definition) is 0. The average molecular weight is 353 g/mol. The molecule has 0 saturated carbocycles. The molecule has 1 heterocycles. The monoisotopic (exact) mass is 352 g/mol. The molecule has 0 N–H and O–H groups in total. The molecule has 0 atom stereocenters. The highest BCUT2D eigenvalue weighted by Crippen LogP contribution is 2.41. The number of aryl methyl sites for hydroxylation is 1. The van der Waals surface area contributed by atoms with Crippen LogP contribution in [-0.4, -0.2) is 0 Å². The number of fused-ring (bicyclic) bond motifs is 3. The summed E-state index contributed by atoms with van der Waals surface area (Å²) in [5, 5.41) is 2.73. The van der Waals surface area contributed by atoms with E-state index < -0.39 is 0 Å². The largest absolute Gasteiger partial charge is 0.135 e. The van der Waals surface area contributed by atoms with Gasteiger partial charge in [0.1, 0.15) is 0 Å². The first kappa shape index (κ1) is 13.1. The molecule has 0 radical (unpaired) electrons. The van der Waals surface area contributed by atoms with Gasteiger partial charge in [-0.05, 0) is 47.9 Å². The second-order valence-electron chi connectivity index (χ2n) is 5.24. The molecule has 0 aliphatic carbocycles. The van der Waals surface area contributed by atoms with Crippen LogP contribution in [0.2, 0.25) is 0 Å². The van der Waals surface area contributed by atoms with Crippen molar-refractivity contribution in [3.8, 4) is 11.1 Å². The summed E-state index contributed by atoms with van der Waals surface area (Å²) in [5.74, 6) is 0. The van der Waals surface area contributed by atoms with Crippen molar-refractivity contribution < 1.29 is 0 Å². The van der Waals surface area contributed by atoms with Crippen molar-refractivity contribution in [3.63, 3.8) is 0 Å². The maximum Gasteiger partial charge on any atom is 0.0361 e. The standard InChI is InChI=1S/C19H13BrS/c1-12-9-10-13(20)11-16(12)14-6-4-8-18-19(14)15-5-2-3-7-17(15)21-18/h2-11H,1H3. The summed E-state index contributed by atoms with van der Waals surface area (Å²) in [6.07, 6.45) is 0. The molecular formula is C19H13BrS. The number of benzene rings is 3. The van der Waals surface area contributed by atoms with E-state index in [4.69, 9.17) is 0 Å². The highest BCUT2D eigenvalue weighted by Gasteiger charge is 2.12. The Morgan fingerprint density at radius 2 is 1.62 bits per heavy atom. The first-order valence-corrected chi connectivity index (χ1v) is 8.52. The van der Waals surface area contributed by atoms with Gasteiger partial charge in [-0.25, -0.2) is 0 Å². The van der Waals surface area contributed by atoms with Crippen LogP contribution in [0.15, 0.2) is 65.1 Å². The smallest absolute Gasteiger partial charge is 0.0361 e. The van der Waals surface area contributed by atoms with Gasteiger partial charge in [0.05, 0.1) is 0 Å². The fourth-order valence-corrected chi connectivity index (χ4v) is 4.38. The van der Waals surface area contributed by atoms with Crippen molar-refractivity contribution in [1.82, 2.24) is 0 Å². The van der Waals surface area contributed by atoms with Gasteiger partial charge in [-0.15, -0.1) is 11.3 Å². The minimum Gasteiger partial charge on any atom is -0.135 e. The Hall–Kier alpha value is -1.64. The third kappa shape index (κ3) is 2.10. The Balaban J connectivity index is 2.16. The third-order valence-corrected chi connectivity index (χ3v) is 5.52. The molecule has 0 aliphatic heterocycles. The van der Waals surface area contributed by atoms with Crippen LogP contribution in [0.5, 0.6) is 0 Å². The summed E-state index contributed by atoms with van der Waals surface area (Å²) in [6.45, 7) is 2.18. The van der Waals surface area contributed by atoms with Gasteiger partial charge in [0, 0.05) is 24.6 Å². The summed E-state index contributed by atoms with van der Waals surface area (Å²) >= 11 is 5.47. The molecule has 4 rings (SSSR count). The summed E-state index contributed by atoms with van der Waals surface area (Å²) in [4.78, 5) is 0. The van der Waals surface area contributed by atoms with Gasteiger partial charge < -0.3 is 0 Å². The Morgan fingerprint density at radius 1 is 0.810 bits per heavy atom. The molecule has 0 saturated heterocycles. The first-order valence-electron chi connectivity index (χ1n) is 6.91. The molecule has 0 spiro atoms. The molecule has 0 fully saturated rings. The zero-order chi connectivity index (χ0) is 14.4. The lowest BCUT2D eigenvalue weighted by Gasteiger charge is -2.09. The van der Waals surface area contributed by atoms with Crippen LogP contribution >= 0.6 is 27.3 Å². The van der Waals surface area contributed by atoms with Gasteiger partial charge in [-0.3, -0.25) is 0 Å². The quantitative estimate of drug-likeness (QED) is 0.353. The Morgan fingerprint density at radius 3 is 2.52 bits per heavy atom. The van der Waals surface area contributed by atoms with Crippen LogP contribution in [0.25, 0.3) is 31.3 Å². The fraction of sp³-hybridized carbons (Fsp3) is 0.0526. The molecule has 0 bridgehead atoms. The van der Waals surface area contributed by atoms with Crippen LogP contribution in [-0.2, 0) is 0 Å². The second kappa shape index (κ2) is 4.97. The predicted octanol–water partition coefficient (Wildman–Crippen LogP) is 6.79. The van der Waals surface area contributed by atoms with Crippen LogP contribution < -0.4 is 0 Å². The van der Waals surface area contributed by atoms with E-state index in [1.165, 1.54) is 36.9 Å². The van der Waals surface area contributed by atoms with Gasteiger partial charge in [0.15, 0.2) is 0 Å². The molecule has 102 valence electrons. The number of halogens is 1. The van der Waals surface area contributed by atoms with Gasteiger partial charge in [-0.2, -0.15) is 0 Å². The molecule has 0 amide bonds. The predicted molar refractivity (Wildman–Crippen MR) is 97.2 cm³/mol. The Kier molecular flexibility index (Phi) is 3.09. The van der Waals surface area contributed by atoms with Crippen LogP contribution in [0.1, 0.15) is 5.56 Å². The van der Waals surface area contributed by atoms with E-state index in [9.17, 15) is 0 Å². The summed E-state index contributed by atoms with van der Waals surface area (Å²) in [6, 6.07) is 21.8. The molecule has 1 aromatic heterocycles. The number of hydrogen-bond acceptors (Lipinski definition) is 1. The third-order valence-electron chi connectivity index (χ3n) is 3.89. The molecule has 4 aromatic rings. The maximum atomic E-state index is 3.60. The van der Waals surface area contributed by atoms with Crippen molar-refractivity contribution >= 4 is 47.4 Å². The Bertz CT molecular complexity index is 966. The molecule has 0 aliphatic rings. The van der Waals surface area contributed by atoms with E-state index in [0.717, 1.165) is 4.47 Å². The van der Waals surface area contributed by atoms with Gasteiger partial charge in [0.25, 0.3) is 0 Å². The second-order valence-corrected chi connectivity index (χ2v) is 7.24. The van der Waals surface area contributed by atoms with Gasteiger partial charge in [0.2, 0.25) is 0 Å². The zero-order valence-electron chi connectivity index (χ0n) is 11.6. The molecule has 21 heavy (non-hydrogen) atoms. The molecule has 2 heteroatoms. The van der Waals surface area contributed by atoms with Crippen LogP contribution in [0.4, 0.5) is 0 Å². The van der Waals surface area contributed by atoms with Crippen LogP contribution in [0.3, 0.4) is 0 Å². The van der Waals surface area contributed by atoms with E-state index in [2.05, 4.69) is 83.5 Å². The minimum absolute atomic E-state index is 1.12. The normalized spacial score (nSPS) is 11.3. The molecule has 0 unspecified atom stereocenters. The van der Waals surface area contributed by atoms with E-state index in [1.54, 1.807) is 0 Å². The highest BCUT2D eigenvalue weighted by atomic mass is 79.9. The SMILES string of the molecule is Cc1ccc(Br)cc1-c1cccc2sc3ccccc3c12. The zero-order valence-corrected chi connectivity index (χ0v) is 14.0. The minimum atomic E-state index is 1.12. The van der Waals surface area contributed by atoms with E-state index in [0.29, 0.717) is 0 Å². The topological polar surface area (TPSA) is 0 Å². The molecule has 0 nitrogen and oxygen atoms in total. The van der Waals surface area contributed by atoms with E-state index in [-0.39, 0.29) is 0 Å². The lowest BCUT2D eigenvalue weighted by molar-refractivity contribution is 1.45. The Labute approximate surface area is 136 Å². The lowest BCUT2D eigenvalue weighted by atomic mass is 9.96. The number of thiophene rings is 1. The van der Waals surface area contributed by atoms with Crippen molar-refractivity contribution in [2.75, 3.05) is 0 Å². The fourth-order valence-electron chi connectivity index (χ4n) is 2.88. The van der Waals surface area contributed by atoms with E-state index >= 15 is 0 Å². The van der Waals surface area contributed by atoms with Crippen LogP contribution in [0, 0.1) is 6.92 Å². The highest BCUT2D eigenvalue weighted by molar-refractivity contribution is 9.10. The summed E-state index contributed by atoms with van der Waals surface area (Å²) < 4.78 is 3.83. The average Bonchev–Trinajstić information content (AvgIpc) is 2.88.